The van der Waals surface area contributed by atoms with Gasteiger partial charge in [0.05, 0.1) is 29.4 Å². The van der Waals surface area contributed by atoms with Crippen LogP contribution >= 0.6 is 0 Å². The number of nitrogens with one attached hydrogen (secondary N) is 1. The molecule has 2 aromatic carbocycles. The molecule has 3 atom stereocenters. The fourth-order valence-electron chi connectivity index (χ4n) is 4.45. The molecule has 0 spiro atoms. The van der Waals surface area contributed by atoms with Gasteiger partial charge in [-0.1, -0.05) is 18.8 Å². The molecule has 0 saturated carbocycles. The maximum Gasteiger partial charge on any atom is 0.416 e. The number of aliphatic hydroxyl groups excluding tert-OH is 2. The molecule has 1 aliphatic rings. The lowest BCUT2D eigenvalue weighted by molar-refractivity contribution is -0.144. The van der Waals surface area contributed by atoms with Crippen LogP contribution in [-0.2, 0) is 35.0 Å². The number of hydrogen-bond donors (Lipinski definition) is 4. The first-order valence-electron chi connectivity index (χ1n) is 14.1. The van der Waals surface area contributed by atoms with E-state index in [1.54, 1.807) is 20.8 Å². The van der Waals surface area contributed by atoms with Crippen LogP contribution in [0.5, 0.6) is 0 Å². The lowest BCUT2D eigenvalue weighted by atomic mass is 9.77. The molecule has 2 aromatic rings. The van der Waals surface area contributed by atoms with Crippen molar-refractivity contribution in [1.82, 2.24) is 5.32 Å². The first kappa shape index (κ1) is 43.4. The lowest BCUT2D eigenvalue weighted by Crippen LogP contribution is -2.46. The van der Waals surface area contributed by atoms with Crippen molar-refractivity contribution in [3.8, 4) is 23.9 Å². The number of benzene rings is 2. The van der Waals surface area contributed by atoms with Crippen LogP contribution in [0.25, 0.3) is 0 Å². The zero-order valence-electron chi connectivity index (χ0n) is 26.3. The number of methoxy groups -OCH3 is 1. The van der Waals surface area contributed by atoms with Gasteiger partial charge < -0.3 is 25.4 Å². The second-order valence-corrected chi connectivity index (χ2v) is 10.6. The summed E-state index contributed by atoms with van der Waals surface area (Å²) < 4.78 is 165. The molecule has 1 heterocycles. The van der Waals surface area contributed by atoms with Crippen LogP contribution in [0.3, 0.4) is 0 Å². The van der Waals surface area contributed by atoms with E-state index in [0.717, 1.165) is 0 Å². The number of ether oxygens (including phenoxy) is 1. The number of hydrogen-bond acceptors (Lipinski definition) is 5. The Labute approximate surface area is 274 Å². The summed E-state index contributed by atoms with van der Waals surface area (Å²) >= 11 is 0. The van der Waals surface area contributed by atoms with Crippen molar-refractivity contribution in [2.75, 3.05) is 20.3 Å². The molecule has 1 aliphatic heterocycles. The Hall–Kier alpha value is -3.64. The molecule has 1 saturated heterocycles. The fourth-order valence-corrected chi connectivity index (χ4v) is 4.45. The van der Waals surface area contributed by atoms with Crippen molar-refractivity contribution in [2.24, 2.45) is 5.92 Å². The van der Waals surface area contributed by atoms with Crippen LogP contribution in [0.4, 0.5) is 52.7 Å². The Morgan fingerprint density at radius 3 is 1.33 bits per heavy atom. The third-order valence-corrected chi connectivity index (χ3v) is 6.94. The summed E-state index contributed by atoms with van der Waals surface area (Å²) in [5.41, 5.74) is -13.0. The second-order valence-electron chi connectivity index (χ2n) is 10.6. The van der Waals surface area contributed by atoms with Gasteiger partial charge in [-0.25, -0.2) is 0 Å². The molecule has 0 aromatic heterocycles. The highest BCUT2D eigenvalue weighted by atomic mass is 19.4. The van der Waals surface area contributed by atoms with Gasteiger partial charge in [-0.2, -0.15) is 52.7 Å². The van der Waals surface area contributed by atoms with Crippen LogP contribution in [0.1, 0.15) is 67.0 Å². The third kappa shape index (κ3) is 12.3. The van der Waals surface area contributed by atoms with Gasteiger partial charge in [0.25, 0.3) is 0 Å². The first-order valence-corrected chi connectivity index (χ1v) is 14.1. The van der Waals surface area contributed by atoms with E-state index in [1.165, 1.54) is 7.11 Å². The summed E-state index contributed by atoms with van der Waals surface area (Å²) in [6, 6.07) is -1.67. The van der Waals surface area contributed by atoms with E-state index in [9.17, 15) is 57.8 Å². The maximum atomic E-state index is 13.4. The van der Waals surface area contributed by atoms with E-state index >= 15 is 0 Å². The molecule has 0 radical (unpaired) electrons. The van der Waals surface area contributed by atoms with Gasteiger partial charge in [-0.15, -0.1) is 5.92 Å². The first-order chi connectivity index (χ1) is 22.4. The van der Waals surface area contributed by atoms with E-state index in [4.69, 9.17) is 10.2 Å². The Balaban J connectivity index is 0.000000719. The molecule has 5 nitrogen and oxygen atoms in total. The highest BCUT2D eigenvalue weighted by Crippen LogP contribution is 2.45. The number of halogens is 12. The van der Waals surface area contributed by atoms with Crippen molar-refractivity contribution in [1.29, 1.82) is 0 Å². The van der Waals surface area contributed by atoms with Gasteiger partial charge >= 0.3 is 24.7 Å². The molecule has 0 bridgehead atoms. The van der Waals surface area contributed by atoms with Crippen molar-refractivity contribution in [3.05, 3.63) is 69.8 Å². The monoisotopic (exact) mass is 723 g/mol. The van der Waals surface area contributed by atoms with Gasteiger partial charge in [0, 0.05) is 25.5 Å². The topological polar surface area (TPSA) is 82.0 Å². The fraction of sp³-hybridized carbons (Fsp3) is 0.500. The normalized spacial score (nSPS) is 16.3. The van der Waals surface area contributed by atoms with E-state index < -0.39 is 75.8 Å². The van der Waals surface area contributed by atoms with Gasteiger partial charge in [0.1, 0.15) is 17.8 Å². The summed E-state index contributed by atoms with van der Waals surface area (Å²) in [4.78, 5) is 0. The van der Waals surface area contributed by atoms with Crippen LogP contribution in [0.2, 0.25) is 0 Å². The Bertz CT molecular complexity index is 1350. The molecule has 0 amide bonds. The van der Waals surface area contributed by atoms with Crippen LogP contribution in [0.15, 0.2) is 36.4 Å². The molecule has 274 valence electrons. The standard InChI is InChI=1S/C21H15F12NO.C7H12O2.C4H6O/c22-18(23,24)12-4-10(5-13(8-12)19(25,26)27)17(35,16-2-1-3-34-16)11-6-14(20(28,29)30)9-15(7-11)21(31,32)33;1-3-4-7(9)6(2)5-8;1-3-4-5-2/h4-9,16,34-35H,1-3H2;6-9H,5H2,1-2H3;1-2H3/t;6-,7+;/m.0./s1. The minimum absolute atomic E-state index is 0.0180. The van der Waals surface area contributed by atoms with Crippen molar-refractivity contribution >= 4 is 0 Å². The highest BCUT2D eigenvalue weighted by Gasteiger charge is 2.47. The summed E-state index contributed by atoms with van der Waals surface area (Å²) in [7, 11) is 1.54. The van der Waals surface area contributed by atoms with Crippen LogP contribution in [-0.4, -0.2) is 47.7 Å². The largest absolute Gasteiger partial charge is 0.450 e. The molecule has 0 aliphatic carbocycles. The molecule has 4 N–H and O–H groups in total. The number of alkyl halides is 12. The summed E-state index contributed by atoms with van der Waals surface area (Å²) in [5.74, 6) is 7.52. The smallest absolute Gasteiger partial charge is 0.416 e. The average molecular weight is 724 g/mol. The van der Waals surface area contributed by atoms with E-state index in [1.807, 2.05) is 0 Å². The SMILES string of the molecule is CC#COC.CC#C[C@@H](O)[C@@H](C)CO.OC(c1cc(C(F)(F)F)cc(C(F)(F)F)c1)(c1cc(C(F)(F)F)cc(C(F)(F)F)c1)C1CCCN1. The predicted octanol–water partition coefficient (Wildman–Crippen LogP) is 7.36. The molecule has 3 rings (SSSR count). The molecular formula is C32H33F12NO4. The van der Waals surface area contributed by atoms with Gasteiger partial charge in [-0.05, 0) is 73.8 Å². The minimum atomic E-state index is -5.37. The van der Waals surface area contributed by atoms with Crippen molar-refractivity contribution in [2.45, 2.75) is 76.1 Å². The van der Waals surface area contributed by atoms with Crippen LogP contribution < -0.4 is 5.32 Å². The third-order valence-electron chi connectivity index (χ3n) is 6.94. The predicted molar refractivity (Wildman–Crippen MR) is 153 cm³/mol. The quantitative estimate of drug-likeness (QED) is 0.192. The Morgan fingerprint density at radius 1 is 0.735 bits per heavy atom. The van der Waals surface area contributed by atoms with Gasteiger partial charge in [0.2, 0.25) is 0 Å². The van der Waals surface area contributed by atoms with Crippen LogP contribution in [0, 0.1) is 29.8 Å². The molecular weight excluding hydrogens is 690 g/mol. The number of aliphatic hydroxyl groups is 3. The van der Waals surface area contributed by atoms with E-state index in [0.29, 0.717) is 0 Å². The summed E-state index contributed by atoms with van der Waals surface area (Å²) in [6.07, 6.45) is -19.8. The average Bonchev–Trinajstić information content (AvgIpc) is 3.55. The summed E-state index contributed by atoms with van der Waals surface area (Å²) in [6.45, 7) is 5.17. The molecule has 1 fully saturated rings. The Morgan fingerprint density at radius 2 is 1.10 bits per heavy atom. The number of rotatable bonds is 5. The van der Waals surface area contributed by atoms with Crippen molar-refractivity contribution < 1.29 is 72.7 Å². The zero-order valence-corrected chi connectivity index (χ0v) is 26.3. The molecule has 17 heteroatoms. The second kappa shape index (κ2) is 17.3. The van der Waals surface area contributed by atoms with Gasteiger partial charge in [-0.3, -0.25) is 0 Å². The molecule has 1 unspecified atom stereocenters. The van der Waals surface area contributed by atoms with E-state index in [-0.39, 0.29) is 68.3 Å². The van der Waals surface area contributed by atoms with Gasteiger partial charge in [0.15, 0.2) is 0 Å². The lowest BCUT2D eigenvalue weighted by Gasteiger charge is -2.37. The highest BCUT2D eigenvalue weighted by molar-refractivity contribution is 5.47. The summed E-state index contributed by atoms with van der Waals surface area (Å²) in [5, 5.41) is 31.5. The minimum Gasteiger partial charge on any atom is -0.450 e. The zero-order chi connectivity index (χ0) is 38.0. The van der Waals surface area contributed by atoms with E-state index in [2.05, 4.69) is 33.9 Å². The van der Waals surface area contributed by atoms with Crippen molar-refractivity contribution in [3.63, 3.8) is 0 Å². The Kier molecular flexibility index (Phi) is 15.3. The maximum absolute atomic E-state index is 13.4. The molecule has 49 heavy (non-hydrogen) atoms.